The normalized spacial score (nSPS) is 16.7. The molecule has 0 radical (unpaired) electrons. The number of halogens is 1. The Kier molecular flexibility index (Phi) is 4.63. The Morgan fingerprint density at radius 1 is 1.43 bits per heavy atom. The number of aryl methyl sites for hydroxylation is 1. The van der Waals surface area contributed by atoms with E-state index < -0.39 is 15.0 Å². The van der Waals surface area contributed by atoms with Crippen LogP contribution in [0.3, 0.4) is 0 Å². The van der Waals surface area contributed by atoms with Crippen molar-refractivity contribution in [2.75, 3.05) is 6.54 Å². The van der Waals surface area contributed by atoms with Gasteiger partial charge >= 0.3 is 0 Å². The number of carbonyl (C=O) groups excluding carboxylic acids is 1. The molecule has 21 heavy (non-hydrogen) atoms. The number of H-pyrrole nitrogens is 1. The highest BCUT2D eigenvalue weighted by Gasteiger charge is 2.41. The molecular formula is C13H20ClN3O3S. The summed E-state index contributed by atoms with van der Waals surface area (Å²) in [4.78, 5) is 12.0. The Labute approximate surface area is 129 Å². The van der Waals surface area contributed by atoms with Crippen molar-refractivity contribution in [3.05, 3.63) is 11.4 Å². The number of aromatic amines is 1. The van der Waals surface area contributed by atoms with Gasteiger partial charge in [0.2, 0.25) is 0 Å². The first-order valence-electron chi connectivity index (χ1n) is 7.13. The monoisotopic (exact) mass is 333 g/mol. The maximum atomic E-state index is 12.2. The third kappa shape index (κ3) is 3.58. The van der Waals surface area contributed by atoms with Crippen LogP contribution in [0.25, 0.3) is 0 Å². The lowest BCUT2D eigenvalue weighted by atomic mass is 10.0. The molecule has 0 aliphatic heterocycles. The van der Waals surface area contributed by atoms with Gasteiger partial charge in [0.15, 0.2) is 5.69 Å². The van der Waals surface area contributed by atoms with Gasteiger partial charge in [0, 0.05) is 17.2 Å². The SMILES string of the molecule is CCCc1[nH]nc(C(=O)NCC2(CC)CC2)c1S(=O)(=O)Cl. The lowest BCUT2D eigenvalue weighted by Crippen LogP contribution is -2.31. The number of hydrogen-bond acceptors (Lipinski definition) is 4. The minimum absolute atomic E-state index is 0.139. The van der Waals surface area contributed by atoms with Gasteiger partial charge in [0.25, 0.3) is 15.0 Å². The van der Waals surface area contributed by atoms with Crippen LogP contribution in [0.15, 0.2) is 4.90 Å². The van der Waals surface area contributed by atoms with Gasteiger partial charge in [0.1, 0.15) is 4.90 Å². The van der Waals surface area contributed by atoms with Gasteiger partial charge in [-0.2, -0.15) is 5.10 Å². The third-order valence-corrected chi connectivity index (χ3v) is 5.47. The Hall–Kier alpha value is -1.08. The molecule has 1 aliphatic carbocycles. The van der Waals surface area contributed by atoms with Crippen LogP contribution in [0.4, 0.5) is 0 Å². The summed E-state index contributed by atoms with van der Waals surface area (Å²) in [6.45, 7) is 4.53. The summed E-state index contributed by atoms with van der Waals surface area (Å²) in [5.74, 6) is -0.493. The maximum absolute atomic E-state index is 12.2. The van der Waals surface area contributed by atoms with Crippen molar-refractivity contribution >= 4 is 25.6 Å². The van der Waals surface area contributed by atoms with Gasteiger partial charge < -0.3 is 5.32 Å². The van der Waals surface area contributed by atoms with E-state index in [0.717, 1.165) is 25.7 Å². The highest BCUT2D eigenvalue weighted by Crippen LogP contribution is 2.47. The molecule has 0 bridgehead atoms. The van der Waals surface area contributed by atoms with Crippen LogP contribution < -0.4 is 5.32 Å². The van der Waals surface area contributed by atoms with Crippen molar-refractivity contribution in [2.45, 2.75) is 50.8 Å². The van der Waals surface area contributed by atoms with Crippen LogP contribution in [0, 0.1) is 5.41 Å². The summed E-state index contributed by atoms with van der Waals surface area (Å²) in [5.41, 5.74) is 0.424. The average molecular weight is 334 g/mol. The Bertz CT molecular complexity index is 635. The number of carbonyl (C=O) groups is 1. The molecule has 6 nitrogen and oxygen atoms in total. The smallest absolute Gasteiger partial charge is 0.273 e. The van der Waals surface area contributed by atoms with E-state index in [1.807, 2.05) is 6.92 Å². The molecule has 1 saturated carbocycles. The quantitative estimate of drug-likeness (QED) is 0.748. The molecule has 0 saturated heterocycles. The van der Waals surface area contributed by atoms with Crippen molar-refractivity contribution < 1.29 is 13.2 Å². The zero-order valence-corrected chi connectivity index (χ0v) is 13.8. The number of nitrogens with zero attached hydrogens (tertiary/aromatic N) is 1. The predicted molar refractivity (Wildman–Crippen MR) is 79.9 cm³/mol. The molecule has 1 aromatic heterocycles. The van der Waals surface area contributed by atoms with E-state index in [2.05, 4.69) is 22.4 Å². The van der Waals surface area contributed by atoms with Gasteiger partial charge in [-0.25, -0.2) is 8.42 Å². The van der Waals surface area contributed by atoms with Crippen LogP contribution in [-0.4, -0.2) is 31.1 Å². The first-order valence-corrected chi connectivity index (χ1v) is 9.44. The summed E-state index contributed by atoms with van der Waals surface area (Å²) >= 11 is 0. The molecular weight excluding hydrogens is 314 g/mol. The fourth-order valence-electron chi connectivity index (χ4n) is 2.39. The Balaban J connectivity index is 2.20. The minimum Gasteiger partial charge on any atom is -0.350 e. The van der Waals surface area contributed by atoms with Crippen LogP contribution in [0.5, 0.6) is 0 Å². The second-order valence-electron chi connectivity index (χ2n) is 5.60. The highest BCUT2D eigenvalue weighted by molar-refractivity contribution is 8.13. The summed E-state index contributed by atoms with van der Waals surface area (Å²) in [6, 6.07) is 0. The lowest BCUT2D eigenvalue weighted by Gasteiger charge is -2.12. The standard InChI is InChI=1S/C13H20ClN3O3S/c1-3-5-9-11(21(14,19)20)10(17-16-9)12(18)15-8-13(4-2)6-7-13/h3-8H2,1-2H3,(H,15,18)(H,16,17). The number of amides is 1. The van der Waals surface area contributed by atoms with Gasteiger partial charge in [-0.05, 0) is 31.1 Å². The fraction of sp³-hybridized carbons (Fsp3) is 0.692. The summed E-state index contributed by atoms with van der Waals surface area (Å²) in [7, 11) is 1.44. The molecule has 1 heterocycles. The topological polar surface area (TPSA) is 91.9 Å². The lowest BCUT2D eigenvalue weighted by molar-refractivity contribution is 0.0936. The van der Waals surface area contributed by atoms with Crippen molar-refractivity contribution in [1.82, 2.24) is 15.5 Å². The molecule has 1 fully saturated rings. The average Bonchev–Trinajstić information content (AvgIpc) is 3.07. The first kappa shape index (κ1) is 16.3. The Morgan fingerprint density at radius 2 is 2.10 bits per heavy atom. The molecule has 2 rings (SSSR count). The first-order chi connectivity index (χ1) is 9.83. The van der Waals surface area contributed by atoms with Crippen LogP contribution in [0.1, 0.15) is 55.7 Å². The zero-order chi connectivity index (χ0) is 15.7. The van der Waals surface area contributed by atoms with E-state index in [1.165, 1.54) is 0 Å². The molecule has 2 N–H and O–H groups in total. The van der Waals surface area contributed by atoms with Crippen molar-refractivity contribution in [3.63, 3.8) is 0 Å². The van der Waals surface area contributed by atoms with Crippen molar-refractivity contribution in [3.8, 4) is 0 Å². The van der Waals surface area contributed by atoms with E-state index in [0.29, 0.717) is 18.7 Å². The van der Waals surface area contributed by atoms with E-state index in [-0.39, 0.29) is 16.0 Å². The van der Waals surface area contributed by atoms with E-state index in [4.69, 9.17) is 10.7 Å². The molecule has 1 amide bonds. The molecule has 1 aliphatic rings. The second kappa shape index (κ2) is 5.96. The highest BCUT2D eigenvalue weighted by atomic mass is 35.7. The molecule has 0 atom stereocenters. The van der Waals surface area contributed by atoms with Crippen molar-refractivity contribution in [1.29, 1.82) is 0 Å². The van der Waals surface area contributed by atoms with E-state index >= 15 is 0 Å². The number of rotatable bonds is 7. The van der Waals surface area contributed by atoms with Gasteiger partial charge in [-0.1, -0.05) is 20.3 Å². The third-order valence-electron chi connectivity index (χ3n) is 4.08. The van der Waals surface area contributed by atoms with Crippen LogP contribution >= 0.6 is 10.7 Å². The van der Waals surface area contributed by atoms with E-state index in [9.17, 15) is 13.2 Å². The van der Waals surface area contributed by atoms with Gasteiger partial charge in [0.05, 0.1) is 5.69 Å². The van der Waals surface area contributed by atoms with Gasteiger partial charge in [-0.15, -0.1) is 0 Å². The second-order valence-corrected chi connectivity index (χ2v) is 8.11. The zero-order valence-electron chi connectivity index (χ0n) is 12.2. The number of aromatic nitrogens is 2. The van der Waals surface area contributed by atoms with Crippen molar-refractivity contribution in [2.24, 2.45) is 5.41 Å². The molecule has 118 valence electrons. The van der Waals surface area contributed by atoms with Crippen LogP contribution in [0.2, 0.25) is 0 Å². The fourth-order valence-corrected chi connectivity index (χ4v) is 3.70. The maximum Gasteiger partial charge on any atom is 0.273 e. The summed E-state index contributed by atoms with van der Waals surface area (Å²) in [6.07, 6.45) is 4.37. The largest absolute Gasteiger partial charge is 0.350 e. The molecule has 1 aromatic rings. The summed E-state index contributed by atoms with van der Waals surface area (Å²) < 4.78 is 23.4. The predicted octanol–water partition coefficient (Wildman–Crippen LogP) is 2.21. The minimum atomic E-state index is -4.01. The molecule has 0 aromatic carbocycles. The Morgan fingerprint density at radius 3 is 2.57 bits per heavy atom. The van der Waals surface area contributed by atoms with Gasteiger partial charge in [-0.3, -0.25) is 9.89 Å². The molecule has 0 unspecified atom stereocenters. The summed E-state index contributed by atoms with van der Waals surface area (Å²) in [5, 5.41) is 9.24. The number of hydrogen-bond donors (Lipinski definition) is 2. The molecule has 0 spiro atoms. The van der Waals surface area contributed by atoms with Crippen LogP contribution in [-0.2, 0) is 15.5 Å². The number of nitrogens with one attached hydrogen (secondary N) is 2. The van der Waals surface area contributed by atoms with E-state index in [1.54, 1.807) is 0 Å². The molecule has 8 heteroatoms.